The summed E-state index contributed by atoms with van der Waals surface area (Å²) in [5, 5.41) is 19.5. The van der Waals surface area contributed by atoms with E-state index < -0.39 is 4.92 Å². The lowest BCUT2D eigenvalue weighted by atomic mass is 10.1. The summed E-state index contributed by atoms with van der Waals surface area (Å²) in [6, 6.07) is 11.6. The van der Waals surface area contributed by atoms with Crippen LogP contribution in [0.1, 0.15) is 16.7 Å². The second-order valence-corrected chi connectivity index (χ2v) is 4.82. The molecular weight excluding hydrogens is 292 g/mol. The van der Waals surface area contributed by atoms with E-state index in [1.807, 2.05) is 13.0 Å². The van der Waals surface area contributed by atoms with Gasteiger partial charge in [0.15, 0.2) is 0 Å². The van der Waals surface area contributed by atoms with Crippen molar-refractivity contribution in [2.75, 3.05) is 0 Å². The van der Waals surface area contributed by atoms with Gasteiger partial charge in [-0.15, -0.1) is 0 Å². The van der Waals surface area contributed by atoms with Gasteiger partial charge in [0.1, 0.15) is 17.4 Å². The van der Waals surface area contributed by atoms with Gasteiger partial charge in [-0.25, -0.2) is 0 Å². The number of nitrogens with zero attached hydrogens (tertiary/aromatic N) is 2. The monoisotopic (exact) mass is 302 g/mol. The number of nitro groups is 1. The molecule has 0 aliphatic heterocycles. The van der Waals surface area contributed by atoms with Crippen molar-refractivity contribution in [1.82, 2.24) is 0 Å². The Hall–Kier alpha value is -2.58. The molecule has 0 fully saturated rings. The third-order valence-electron chi connectivity index (χ3n) is 2.98. The lowest BCUT2D eigenvalue weighted by Crippen LogP contribution is -1.99. The number of nitriles is 1. The van der Waals surface area contributed by atoms with Gasteiger partial charge in [-0.05, 0) is 36.2 Å². The summed E-state index contributed by atoms with van der Waals surface area (Å²) in [4.78, 5) is 10.1. The smallest absolute Gasteiger partial charge is 0.288 e. The fraction of sp³-hybridized carbons (Fsp3) is 0.133. The summed E-state index contributed by atoms with van der Waals surface area (Å²) in [7, 11) is 0. The van der Waals surface area contributed by atoms with Gasteiger partial charge in [-0.2, -0.15) is 5.26 Å². The van der Waals surface area contributed by atoms with Gasteiger partial charge < -0.3 is 4.74 Å². The predicted octanol–water partition coefficient (Wildman–Crippen LogP) is 4.01. The van der Waals surface area contributed by atoms with E-state index >= 15 is 0 Å². The molecule has 0 aliphatic carbocycles. The number of nitro benzene ring substituents is 1. The molecule has 0 radical (unpaired) electrons. The van der Waals surface area contributed by atoms with E-state index in [0.29, 0.717) is 17.9 Å². The van der Waals surface area contributed by atoms with Crippen molar-refractivity contribution in [2.45, 2.75) is 13.5 Å². The van der Waals surface area contributed by atoms with Crippen LogP contribution >= 0.6 is 11.6 Å². The number of aryl methyl sites for hydroxylation is 1. The highest BCUT2D eigenvalue weighted by molar-refractivity contribution is 6.32. The Balaban J connectivity index is 2.12. The zero-order valence-corrected chi connectivity index (χ0v) is 11.9. The molecule has 0 amide bonds. The first kappa shape index (κ1) is 14.8. The quantitative estimate of drug-likeness (QED) is 0.631. The lowest BCUT2D eigenvalue weighted by molar-refractivity contribution is -0.384. The first-order valence-electron chi connectivity index (χ1n) is 6.07. The molecular formula is C15H11ClN2O3. The fourth-order valence-electron chi connectivity index (χ4n) is 1.81. The number of rotatable bonds is 4. The summed E-state index contributed by atoms with van der Waals surface area (Å²) in [5.41, 5.74) is 2.32. The number of ether oxygens (including phenoxy) is 1. The van der Waals surface area contributed by atoms with E-state index in [1.165, 1.54) is 18.2 Å². The molecule has 106 valence electrons. The van der Waals surface area contributed by atoms with Crippen LogP contribution in [0.2, 0.25) is 5.02 Å². The average Bonchev–Trinajstić information content (AvgIpc) is 2.45. The molecule has 0 atom stereocenters. The molecule has 2 aromatic rings. The zero-order valence-electron chi connectivity index (χ0n) is 11.2. The van der Waals surface area contributed by atoms with Crippen LogP contribution in [-0.2, 0) is 6.61 Å². The highest BCUT2D eigenvalue weighted by atomic mass is 35.5. The minimum Gasteiger partial charge on any atom is -0.489 e. The SMILES string of the molecule is Cc1cc(C#N)ccc1COc1ccc([N+](=O)[O-])c(Cl)c1. The normalized spacial score (nSPS) is 9.95. The van der Waals surface area contributed by atoms with Crippen molar-refractivity contribution < 1.29 is 9.66 Å². The highest BCUT2D eigenvalue weighted by Crippen LogP contribution is 2.28. The van der Waals surface area contributed by atoms with Crippen molar-refractivity contribution in [3.05, 3.63) is 68.2 Å². The molecule has 2 rings (SSSR count). The van der Waals surface area contributed by atoms with E-state index in [4.69, 9.17) is 21.6 Å². The molecule has 0 aliphatic rings. The summed E-state index contributed by atoms with van der Waals surface area (Å²) in [6.45, 7) is 2.19. The predicted molar refractivity (Wildman–Crippen MR) is 78.3 cm³/mol. The van der Waals surface area contributed by atoms with E-state index in [0.717, 1.165) is 11.1 Å². The van der Waals surface area contributed by atoms with Gasteiger partial charge in [0, 0.05) is 12.1 Å². The lowest BCUT2D eigenvalue weighted by Gasteiger charge is -2.09. The first-order chi connectivity index (χ1) is 10.0. The van der Waals surface area contributed by atoms with Crippen molar-refractivity contribution >= 4 is 17.3 Å². The van der Waals surface area contributed by atoms with Crippen LogP contribution in [0.5, 0.6) is 5.75 Å². The van der Waals surface area contributed by atoms with Gasteiger partial charge in [0.05, 0.1) is 16.6 Å². The Labute approximate surface area is 126 Å². The number of hydrogen-bond acceptors (Lipinski definition) is 4. The molecule has 6 heteroatoms. The third kappa shape index (κ3) is 3.50. The molecule has 0 heterocycles. The van der Waals surface area contributed by atoms with Gasteiger partial charge in [-0.1, -0.05) is 17.7 Å². The number of halogens is 1. The van der Waals surface area contributed by atoms with E-state index in [1.54, 1.807) is 12.1 Å². The van der Waals surface area contributed by atoms with E-state index in [2.05, 4.69) is 6.07 Å². The maximum atomic E-state index is 10.7. The molecule has 0 unspecified atom stereocenters. The van der Waals surface area contributed by atoms with Gasteiger partial charge >= 0.3 is 0 Å². The van der Waals surface area contributed by atoms with Gasteiger partial charge in [0.25, 0.3) is 5.69 Å². The van der Waals surface area contributed by atoms with Crippen molar-refractivity contribution in [1.29, 1.82) is 5.26 Å². The van der Waals surface area contributed by atoms with Crippen LogP contribution in [0, 0.1) is 28.4 Å². The Morgan fingerprint density at radius 3 is 2.67 bits per heavy atom. The van der Waals surface area contributed by atoms with Crippen LogP contribution in [0.4, 0.5) is 5.69 Å². The maximum absolute atomic E-state index is 10.7. The zero-order chi connectivity index (χ0) is 15.4. The summed E-state index contributed by atoms with van der Waals surface area (Å²) >= 11 is 5.82. The summed E-state index contributed by atoms with van der Waals surface area (Å²) in [6.07, 6.45) is 0. The molecule has 2 aromatic carbocycles. The minimum atomic E-state index is -0.545. The third-order valence-corrected chi connectivity index (χ3v) is 3.28. The Kier molecular flexibility index (Phi) is 4.41. The molecule has 0 saturated heterocycles. The van der Waals surface area contributed by atoms with Crippen LogP contribution in [0.3, 0.4) is 0 Å². The van der Waals surface area contributed by atoms with Gasteiger partial charge in [0.2, 0.25) is 0 Å². The largest absolute Gasteiger partial charge is 0.489 e. The first-order valence-corrected chi connectivity index (χ1v) is 6.45. The Morgan fingerprint density at radius 1 is 1.33 bits per heavy atom. The minimum absolute atomic E-state index is 0.0362. The average molecular weight is 303 g/mol. The molecule has 5 nitrogen and oxygen atoms in total. The topological polar surface area (TPSA) is 76.2 Å². The number of hydrogen-bond donors (Lipinski definition) is 0. The molecule has 0 saturated carbocycles. The maximum Gasteiger partial charge on any atom is 0.288 e. The Bertz CT molecular complexity index is 738. The van der Waals surface area contributed by atoms with E-state index in [9.17, 15) is 10.1 Å². The second-order valence-electron chi connectivity index (χ2n) is 4.41. The molecule has 21 heavy (non-hydrogen) atoms. The number of benzene rings is 2. The van der Waals surface area contributed by atoms with Crippen LogP contribution in [-0.4, -0.2) is 4.92 Å². The van der Waals surface area contributed by atoms with Crippen molar-refractivity contribution in [3.63, 3.8) is 0 Å². The van der Waals surface area contributed by atoms with Crippen LogP contribution < -0.4 is 4.74 Å². The molecule has 0 bridgehead atoms. The molecule has 0 aromatic heterocycles. The second kappa shape index (κ2) is 6.25. The van der Waals surface area contributed by atoms with Crippen molar-refractivity contribution in [2.24, 2.45) is 0 Å². The molecule has 0 spiro atoms. The van der Waals surface area contributed by atoms with Gasteiger partial charge in [-0.3, -0.25) is 10.1 Å². The van der Waals surface area contributed by atoms with E-state index in [-0.39, 0.29) is 10.7 Å². The van der Waals surface area contributed by atoms with Crippen LogP contribution in [0.25, 0.3) is 0 Å². The molecule has 0 N–H and O–H groups in total. The fourth-order valence-corrected chi connectivity index (χ4v) is 2.05. The summed E-state index contributed by atoms with van der Waals surface area (Å²) < 4.78 is 5.57. The summed E-state index contributed by atoms with van der Waals surface area (Å²) in [5.74, 6) is 0.453. The van der Waals surface area contributed by atoms with Crippen molar-refractivity contribution in [3.8, 4) is 11.8 Å². The standard InChI is InChI=1S/C15H11ClN2O3/c1-10-6-11(8-17)2-3-12(10)9-21-13-4-5-15(18(19)20)14(16)7-13/h2-7H,9H2,1H3. The Morgan fingerprint density at radius 2 is 2.10 bits per heavy atom. The highest BCUT2D eigenvalue weighted by Gasteiger charge is 2.12. The van der Waals surface area contributed by atoms with Crippen LogP contribution in [0.15, 0.2) is 36.4 Å².